The van der Waals surface area contributed by atoms with E-state index in [0.29, 0.717) is 5.82 Å². The van der Waals surface area contributed by atoms with Crippen LogP contribution in [0.5, 0.6) is 11.6 Å². The van der Waals surface area contributed by atoms with E-state index in [2.05, 4.69) is 9.97 Å². The Morgan fingerprint density at radius 2 is 1.90 bits per heavy atom. The largest absolute Gasteiger partial charge is 0.497 e. The van der Waals surface area contributed by atoms with E-state index in [9.17, 15) is 9.90 Å². The van der Waals surface area contributed by atoms with E-state index in [1.165, 1.54) is 0 Å². The highest BCUT2D eigenvalue weighted by molar-refractivity contribution is 14.1. The van der Waals surface area contributed by atoms with E-state index in [1.807, 2.05) is 36.4 Å². The molecule has 3 aromatic rings. The number of H-pyrrole nitrogens is 1. The van der Waals surface area contributed by atoms with Crippen LogP contribution in [0, 0.1) is 3.57 Å². The van der Waals surface area contributed by atoms with E-state index in [-0.39, 0.29) is 15.0 Å². The minimum absolute atomic E-state index is 0.182. The van der Waals surface area contributed by atoms with Crippen molar-refractivity contribution in [1.29, 1.82) is 0 Å². The molecule has 1 aromatic heterocycles. The van der Waals surface area contributed by atoms with Gasteiger partial charge < -0.3 is 14.8 Å². The zero-order chi connectivity index (χ0) is 15.0. The summed E-state index contributed by atoms with van der Waals surface area (Å²) >= 11 is 1.76. The highest BCUT2D eigenvalue weighted by Crippen LogP contribution is 2.26. The van der Waals surface area contributed by atoms with Gasteiger partial charge in [-0.2, -0.15) is 4.98 Å². The second kappa shape index (κ2) is 5.36. The van der Waals surface area contributed by atoms with Crippen molar-refractivity contribution < 1.29 is 9.84 Å². The predicted molar refractivity (Wildman–Crippen MR) is 88.7 cm³/mol. The van der Waals surface area contributed by atoms with Crippen molar-refractivity contribution in [2.24, 2.45) is 0 Å². The lowest BCUT2D eigenvalue weighted by atomic mass is 10.1. The van der Waals surface area contributed by atoms with E-state index in [1.54, 1.807) is 29.7 Å². The second-order valence-electron chi connectivity index (χ2n) is 4.48. The number of rotatable bonds is 2. The van der Waals surface area contributed by atoms with Crippen LogP contribution in [-0.2, 0) is 0 Å². The summed E-state index contributed by atoms with van der Waals surface area (Å²) in [5.41, 5.74) is 0.379. The molecule has 0 aliphatic heterocycles. The zero-order valence-corrected chi connectivity index (χ0v) is 13.2. The first-order valence-corrected chi connectivity index (χ1v) is 7.23. The number of benzene rings is 2. The minimum atomic E-state index is -0.354. The van der Waals surface area contributed by atoms with Gasteiger partial charge in [0.25, 0.3) is 5.56 Å². The molecule has 5 nitrogen and oxygen atoms in total. The molecule has 0 bridgehead atoms. The number of halogens is 1. The first-order chi connectivity index (χ1) is 10.1. The van der Waals surface area contributed by atoms with Crippen LogP contribution in [0.3, 0.4) is 0 Å². The van der Waals surface area contributed by atoms with Crippen LogP contribution in [0.1, 0.15) is 0 Å². The molecule has 0 unspecified atom stereocenters. The van der Waals surface area contributed by atoms with Crippen LogP contribution in [0.2, 0.25) is 0 Å². The predicted octanol–water partition coefficient (Wildman–Crippen LogP) is 2.91. The maximum Gasteiger partial charge on any atom is 0.268 e. The second-order valence-corrected chi connectivity index (χ2v) is 5.56. The molecule has 0 saturated heterocycles. The average molecular weight is 394 g/mol. The summed E-state index contributed by atoms with van der Waals surface area (Å²) in [5, 5.41) is 11.7. The SMILES string of the molecule is COc1ccc2cc(-c3nc(O)c(I)c(=O)[nH]3)ccc2c1. The molecule has 0 aliphatic carbocycles. The number of methoxy groups -OCH3 is 1. The summed E-state index contributed by atoms with van der Waals surface area (Å²) < 4.78 is 5.37. The molecule has 3 rings (SSSR count). The average Bonchev–Trinajstić information content (AvgIpc) is 2.51. The van der Waals surface area contributed by atoms with Gasteiger partial charge in [-0.1, -0.05) is 18.2 Å². The molecule has 2 aromatic carbocycles. The fourth-order valence-electron chi connectivity index (χ4n) is 2.08. The lowest BCUT2D eigenvalue weighted by molar-refractivity contribution is 0.415. The summed E-state index contributed by atoms with van der Waals surface area (Å²) in [4.78, 5) is 18.4. The first kappa shape index (κ1) is 13.9. The number of aromatic amines is 1. The number of nitrogens with zero attached hydrogens (tertiary/aromatic N) is 1. The number of hydrogen-bond acceptors (Lipinski definition) is 4. The van der Waals surface area contributed by atoms with Crippen molar-refractivity contribution >= 4 is 33.4 Å². The highest BCUT2D eigenvalue weighted by Gasteiger charge is 2.09. The molecule has 21 heavy (non-hydrogen) atoms. The Balaban J connectivity index is 2.15. The Morgan fingerprint density at radius 1 is 1.19 bits per heavy atom. The lowest BCUT2D eigenvalue weighted by Gasteiger charge is -2.06. The van der Waals surface area contributed by atoms with Gasteiger partial charge in [0, 0.05) is 5.56 Å². The zero-order valence-electron chi connectivity index (χ0n) is 11.1. The Labute approximate surface area is 133 Å². The molecular weight excluding hydrogens is 383 g/mol. The standard InChI is InChI=1S/C15H11IN2O3/c1-21-11-5-4-8-6-10(3-2-9(8)7-11)13-17-14(19)12(16)15(20)18-13/h2-7H,1H3,(H2,17,18,19,20). The number of nitrogens with one attached hydrogen (secondary N) is 1. The molecule has 0 atom stereocenters. The number of aromatic nitrogens is 2. The van der Waals surface area contributed by atoms with Crippen LogP contribution < -0.4 is 10.3 Å². The lowest BCUT2D eigenvalue weighted by Crippen LogP contribution is -2.12. The molecule has 0 saturated carbocycles. The number of hydrogen-bond donors (Lipinski definition) is 2. The Morgan fingerprint density at radius 3 is 2.62 bits per heavy atom. The van der Waals surface area contributed by atoms with Crippen LogP contribution in [0.15, 0.2) is 41.2 Å². The van der Waals surface area contributed by atoms with Crippen LogP contribution in [0.4, 0.5) is 0 Å². The summed E-state index contributed by atoms with van der Waals surface area (Å²) in [6.07, 6.45) is 0. The molecule has 0 fully saturated rings. The topological polar surface area (TPSA) is 75.2 Å². The third-order valence-corrected chi connectivity index (χ3v) is 4.14. The van der Waals surface area contributed by atoms with Crippen molar-refractivity contribution in [3.05, 3.63) is 50.3 Å². The van der Waals surface area contributed by atoms with Crippen molar-refractivity contribution in [2.75, 3.05) is 7.11 Å². The van der Waals surface area contributed by atoms with E-state index >= 15 is 0 Å². The first-order valence-electron chi connectivity index (χ1n) is 6.15. The summed E-state index contributed by atoms with van der Waals surface area (Å²) in [6.45, 7) is 0. The summed E-state index contributed by atoms with van der Waals surface area (Å²) in [5.74, 6) is 0.869. The van der Waals surface area contributed by atoms with Gasteiger partial charge in [0.2, 0.25) is 5.88 Å². The quantitative estimate of drug-likeness (QED) is 0.656. The molecule has 6 heteroatoms. The molecular formula is C15H11IN2O3. The molecule has 0 spiro atoms. The van der Waals surface area contributed by atoms with Gasteiger partial charge in [-0.15, -0.1) is 0 Å². The minimum Gasteiger partial charge on any atom is -0.497 e. The number of ether oxygens (including phenoxy) is 1. The summed E-state index contributed by atoms with van der Waals surface area (Å²) in [7, 11) is 1.62. The molecule has 0 amide bonds. The fraction of sp³-hybridized carbons (Fsp3) is 0.0667. The Hall–Kier alpha value is -2.09. The van der Waals surface area contributed by atoms with Crippen LogP contribution in [-0.4, -0.2) is 22.2 Å². The third-order valence-electron chi connectivity index (χ3n) is 3.17. The van der Waals surface area contributed by atoms with Gasteiger partial charge >= 0.3 is 0 Å². The van der Waals surface area contributed by atoms with Crippen LogP contribution in [0.25, 0.3) is 22.2 Å². The summed E-state index contributed by atoms with van der Waals surface area (Å²) in [6, 6.07) is 11.4. The van der Waals surface area contributed by atoms with Crippen molar-refractivity contribution in [2.45, 2.75) is 0 Å². The molecule has 0 aliphatic rings. The maximum absolute atomic E-state index is 11.7. The third kappa shape index (κ3) is 2.58. The maximum atomic E-state index is 11.7. The van der Waals surface area contributed by atoms with Gasteiger partial charge in [0.15, 0.2) is 0 Å². The fourth-order valence-corrected chi connectivity index (χ4v) is 2.34. The Kier molecular flexibility index (Phi) is 3.54. The normalized spacial score (nSPS) is 10.8. The monoisotopic (exact) mass is 394 g/mol. The Bertz CT molecular complexity index is 890. The van der Waals surface area contributed by atoms with E-state index in [0.717, 1.165) is 22.1 Å². The van der Waals surface area contributed by atoms with Gasteiger partial charge in [0.1, 0.15) is 15.1 Å². The molecule has 2 N–H and O–H groups in total. The van der Waals surface area contributed by atoms with Gasteiger partial charge in [0.05, 0.1) is 7.11 Å². The van der Waals surface area contributed by atoms with Gasteiger partial charge in [-0.05, 0) is 51.6 Å². The molecule has 1 heterocycles. The van der Waals surface area contributed by atoms with Crippen molar-refractivity contribution in [3.8, 4) is 23.0 Å². The van der Waals surface area contributed by atoms with Gasteiger partial charge in [-0.25, -0.2) is 0 Å². The van der Waals surface area contributed by atoms with Crippen molar-refractivity contribution in [3.63, 3.8) is 0 Å². The molecule has 106 valence electrons. The van der Waals surface area contributed by atoms with E-state index < -0.39 is 0 Å². The number of fused-ring (bicyclic) bond motifs is 1. The molecule has 0 radical (unpaired) electrons. The van der Waals surface area contributed by atoms with E-state index in [4.69, 9.17) is 4.74 Å². The van der Waals surface area contributed by atoms with Crippen LogP contribution >= 0.6 is 22.6 Å². The number of aromatic hydroxyl groups is 1. The smallest absolute Gasteiger partial charge is 0.268 e. The van der Waals surface area contributed by atoms with Crippen molar-refractivity contribution in [1.82, 2.24) is 9.97 Å². The highest BCUT2D eigenvalue weighted by atomic mass is 127. The van der Waals surface area contributed by atoms with Gasteiger partial charge in [-0.3, -0.25) is 4.79 Å².